The molecule has 0 aromatic heterocycles. The third-order valence-corrected chi connectivity index (χ3v) is 3.07. The molecule has 0 aliphatic heterocycles. The first kappa shape index (κ1) is 11.7. The molecule has 17 heavy (non-hydrogen) atoms. The van der Waals surface area contributed by atoms with Crippen molar-refractivity contribution in [2.75, 3.05) is 0 Å². The van der Waals surface area contributed by atoms with Crippen molar-refractivity contribution in [3.05, 3.63) is 64.7 Å². The molecule has 0 aliphatic rings. The van der Waals surface area contributed by atoms with Crippen LogP contribution in [0, 0.1) is 6.92 Å². The second-order valence-electron chi connectivity index (χ2n) is 4.47. The van der Waals surface area contributed by atoms with Gasteiger partial charge in [-0.3, -0.25) is 0 Å². The SMILES string of the molecule is CCc1cccc(Cc2ccc(O)c(C)c2)c1. The summed E-state index contributed by atoms with van der Waals surface area (Å²) >= 11 is 0. The van der Waals surface area contributed by atoms with Crippen molar-refractivity contribution in [2.24, 2.45) is 0 Å². The van der Waals surface area contributed by atoms with Crippen LogP contribution in [0.1, 0.15) is 29.2 Å². The molecule has 0 spiro atoms. The number of aryl methyl sites for hydroxylation is 2. The monoisotopic (exact) mass is 226 g/mol. The zero-order valence-corrected chi connectivity index (χ0v) is 10.4. The minimum absolute atomic E-state index is 0.371. The van der Waals surface area contributed by atoms with Crippen molar-refractivity contribution < 1.29 is 5.11 Å². The predicted molar refractivity (Wildman–Crippen MR) is 71.5 cm³/mol. The van der Waals surface area contributed by atoms with Crippen molar-refractivity contribution >= 4 is 0 Å². The van der Waals surface area contributed by atoms with Crippen LogP contribution in [0.2, 0.25) is 0 Å². The van der Waals surface area contributed by atoms with Crippen LogP contribution in [-0.4, -0.2) is 5.11 Å². The van der Waals surface area contributed by atoms with Gasteiger partial charge < -0.3 is 5.11 Å². The molecular formula is C16H18O. The van der Waals surface area contributed by atoms with Crippen LogP contribution in [0.4, 0.5) is 0 Å². The van der Waals surface area contributed by atoms with Gasteiger partial charge in [-0.2, -0.15) is 0 Å². The van der Waals surface area contributed by atoms with Gasteiger partial charge in [-0.25, -0.2) is 0 Å². The minimum Gasteiger partial charge on any atom is -0.508 e. The Bertz CT molecular complexity index is 515. The molecule has 0 bridgehead atoms. The third kappa shape index (κ3) is 2.88. The summed E-state index contributed by atoms with van der Waals surface area (Å²) in [4.78, 5) is 0. The normalized spacial score (nSPS) is 10.5. The minimum atomic E-state index is 0.371. The van der Waals surface area contributed by atoms with Crippen molar-refractivity contribution in [3.63, 3.8) is 0 Å². The Morgan fingerprint density at radius 1 is 0.941 bits per heavy atom. The number of rotatable bonds is 3. The van der Waals surface area contributed by atoms with E-state index >= 15 is 0 Å². The maximum Gasteiger partial charge on any atom is 0.118 e. The molecule has 0 aliphatic carbocycles. The maximum atomic E-state index is 9.49. The molecule has 0 fully saturated rings. The van der Waals surface area contributed by atoms with Crippen LogP contribution in [0.3, 0.4) is 0 Å². The van der Waals surface area contributed by atoms with Crippen LogP contribution in [0.25, 0.3) is 0 Å². The average Bonchev–Trinajstić information content (AvgIpc) is 2.34. The Morgan fingerprint density at radius 2 is 1.65 bits per heavy atom. The molecule has 0 radical (unpaired) electrons. The van der Waals surface area contributed by atoms with Gasteiger partial charge in [-0.05, 0) is 48.1 Å². The van der Waals surface area contributed by atoms with Gasteiger partial charge in [0.05, 0.1) is 0 Å². The quantitative estimate of drug-likeness (QED) is 0.842. The highest BCUT2D eigenvalue weighted by molar-refractivity contribution is 5.37. The molecule has 0 heterocycles. The number of aromatic hydroxyl groups is 1. The molecule has 0 atom stereocenters. The van der Waals surface area contributed by atoms with Crippen molar-refractivity contribution in [2.45, 2.75) is 26.7 Å². The first-order chi connectivity index (χ1) is 8.19. The highest BCUT2D eigenvalue weighted by Crippen LogP contribution is 2.19. The van der Waals surface area contributed by atoms with E-state index in [0.29, 0.717) is 5.75 Å². The molecule has 0 saturated heterocycles. The fraction of sp³-hybridized carbons (Fsp3) is 0.250. The molecular weight excluding hydrogens is 208 g/mol. The number of hydrogen-bond acceptors (Lipinski definition) is 1. The second-order valence-corrected chi connectivity index (χ2v) is 4.47. The highest BCUT2D eigenvalue weighted by Gasteiger charge is 2.00. The lowest BCUT2D eigenvalue weighted by molar-refractivity contribution is 0.471. The van der Waals surface area contributed by atoms with E-state index < -0.39 is 0 Å². The largest absolute Gasteiger partial charge is 0.508 e. The van der Waals surface area contributed by atoms with E-state index in [1.807, 2.05) is 19.1 Å². The summed E-state index contributed by atoms with van der Waals surface area (Å²) in [5, 5.41) is 9.49. The van der Waals surface area contributed by atoms with E-state index in [1.54, 1.807) is 6.07 Å². The summed E-state index contributed by atoms with van der Waals surface area (Å²) in [7, 11) is 0. The molecule has 1 heteroatoms. The Hall–Kier alpha value is -1.76. The first-order valence-electron chi connectivity index (χ1n) is 6.05. The predicted octanol–water partition coefficient (Wildman–Crippen LogP) is 3.85. The van der Waals surface area contributed by atoms with Gasteiger partial charge in [0.15, 0.2) is 0 Å². The van der Waals surface area contributed by atoms with Crippen molar-refractivity contribution in [1.82, 2.24) is 0 Å². The van der Waals surface area contributed by atoms with Crippen molar-refractivity contribution in [1.29, 1.82) is 0 Å². The molecule has 0 amide bonds. The Balaban J connectivity index is 2.22. The van der Waals surface area contributed by atoms with E-state index in [4.69, 9.17) is 0 Å². The van der Waals surface area contributed by atoms with Crippen LogP contribution < -0.4 is 0 Å². The lowest BCUT2D eigenvalue weighted by Crippen LogP contribution is -1.90. The summed E-state index contributed by atoms with van der Waals surface area (Å²) in [6, 6.07) is 14.5. The fourth-order valence-electron chi connectivity index (χ4n) is 2.02. The fourth-order valence-corrected chi connectivity index (χ4v) is 2.02. The summed E-state index contributed by atoms with van der Waals surface area (Å²) in [5.41, 5.74) is 4.88. The average molecular weight is 226 g/mol. The molecule has 0 saturated carbocycles. The number of phenols is 1. The molecule has 88 valence electrons. The van der Waals surface area contributed by atoms with E-state index in [9.17, 15) is 5.11 Å². The Kier molecular flexibility index (Phi) is 3.48. The van der Waals surface area contributed by atoms with Crippen molar-refractivity contribution in [3.8, 4) is 5.75 Å². The van der Waals surface area contributed by atoms with Gasteiger partial charge in [0, 0.05) is 0 Å². The lowest BCUT2D eigenvalue weighted by atomic mass is 10.0. The summed E-state index contributed by atoms with van der Waals surface area (Å²) in [6.07, 6.45) is 2.00. The van der Waals surface area contributed by atoms with Gasteiger partial charge in [0.1, 0.15) is 5.75 Å². The topological polar surface area (TPSA) is 20.2 Å². The van der Waals surface area contributed by atoms with Gasteiger partial charge in [-0.1, -0.05) is 43.3 Å². The smallest absolute Gasteiger partial charge is 0.118 e. The molecule has 2 aromatic carbocycles. The maximum absolute atomic E-state index is 9.49. The lowest BCUT2D eigenvalue weighted by Gasteiger charge is -2.06. The molecule has 1 N–H and O–H groups in total. The van der Waals surface area contributed by atoms with E-state index in [0.717, 1.165) is 18.4 Å². The molecule has 2 aromatic rings. The van der Waals surface area contributed by atoms with Gasteiger partial charge in [-0.15, -0.1) is 0 Å². The van der Waals surface area contributed by atoms with Crippen LogP contribution in [-0.2, 0) is 12.8 Å². The Labute approximate surface area is 103 Å². The van der Waals surface area contributed by atoms with E-state index in [2.05, 4.69) is 31.2 Å². The van der Waals surface area contributed by atoms with Crippen LogP contribution in [0.5, 0.6) is 5.75 Å². The molecule has 2 rings (SSSR count). The summed E-state index contributed by atoms with van der Waals surface area (Å²) in [6.45, 7) is 4.10. The summed E-state index contributed by atoms with van der Waals surface area (Å²) < 4.78 is 0. The van der Waals surface area contributed by atoms with Crippen LogP contribution >= 0.6 is 0 Å². The first-order valence-corrected chi connectivity index (χ1v) is 6.05. The molecule has 0 unspecified atom stereocenters. The zero-order valence-electron chi connectivity index (χ0n) is 10.4. The number of benzene rings is 2. The van der Waals surface area contributed by atoms with E-state index in [-0.39, 0.29) is 0 Å². The number of phenolic OH excluding ortho intramolecular Hbond substituents is 1. The highest BCUT2D eigenvalue weighted by atomic mass is 16.3. The number of hydrogen-bond donors (Lipinski definition) is 1. The van der Waals surface area contributed by atoms with Gasteiger partial charge in [0.2, 0.25) is 0 Å². The zero-order chi connectivity index (χ0) is 12.3. The van der Waals surface area contributed by atoms with Crippen LogP contribution in [0.15, 0.2) is 42.5 Å². The standard InChI is InChI=1S/C16H18O/c1-3-13-5-4-6-14(10-13)11-15-7-8-16(17)12(2)9-15/h4-10,17H,3,11H2,1-2H3. The summed E-state index contributed by atoms with van der Waals surface area (Å²) in [5.74, 6) is 0.371. The van der Waals surface area contributed by atoms with E-state index in [1.165, 1.54) is 16.7 Å². The Morgan fingerprint density at radius 3 is 2.35 bits per heavy atom. The van der Waals surface area contributed by atoms with Gasteiger partial charge >= 0.3 is 0 Å². The third-order valence-electron chi connectivity index (χ3n) is 3.07. The molecule has 1 nitrogen and oxygen atoms in total. The van der Waals surface area contributed by atoms with Gasteiger partial charge in [0.25, 0.3) is 0 Å². The second kappa shape index (κ2) is 5.05.